The Kier molecular flexibility index (Phi) is 2.61. The van der Waals surface area contributed by atoms with E-state index in [9.17, 15) is 14.7 Å². The van der Waals surface area contributed by atoms with Crippen LogP contribution in [-0.4, -0.2) is 28.4 Å². The highest BCUT2D eigenvalue weighted by Gasteiger charge is 2.31. The molecule has 1 aromatic rings. The van der Waals surface area contributed by atoms with Gasteiger partial charge in [-0.2, -0.15) is 0 Å². The summed E-state index contributed by atoms with van der Waals surface area (Å²) in [7, 11) is 0. The van der Waals surface area contributed by atoms with Gasteiger partial charge >= 0.3 is 11.9 Å². The van der Waals surface area contributed by atoms with Gasteiger partial charge in [-0.1, -0.05) is 0 Å². The van der Waals surface area contributed by atoms with Crippen molar-refractivity contribution >= 4 is 23.7 Å². The second-order valence-corrected chi connectivity index (χ2v) is 4.05. The van der Waals surface area contributed by atoms with Crippen molar-refractivity contribution < 1.29 is 24.5 Å². The molecule has 0 saturated carbocycles. The molecule has 2 N–H and O–H groups in total. The lowest BCUT2D eigenvalue weighted by Crippen LogP contribution is -2.02. The fourth-order valence-corrected chi connectivity index (χ4v) is 2.14. The van der Waals surface area contributed by atoms with Crippen LogP contribution in [0, 0.1) is 0 Å². The second kappa shape index (κ2) is 3.80. The first kappa shape index (κ1) is 11.0. The zero-order chi connectivity index (χ0) is 11.9. The minimum Gasteiger partial charge on any atom is -0.478 e. The summed E-state index contributed by atoms with van der Waals surface area (Å²) in [6.07, 6.45) is 0.349. The Morgan fingerprint density at radius 3 is 2.75 bits per heavy atom. The average molecular weight is 240 g/mol. The lowest BCUT2D eigenvalue weighted by atomic mass is 10.1. The van der Waals surface area contributed by atoms with Crippen LogP contribution in [0.25, 0.3) is 0 Å². The molecule has 16 heavy (non-hydrogen) atoms. The van der Waals surface area contributed by atoms with Gasteiger partial charge in [-0.05, 0) is 18.4 Å². The number of rotatable bonds is 2. The van der Waals surface area contributed by atoms with Gasteiger partial charge in [0.25, 0.3) is 0 Å². The summed E-state index contributed by atoms with van der Waals surface area (Å²) in [6.45, 7) is 0. The van der Waals surface area contributed by atoms with Crippen molar-refractivity contribution in [3.63, 3.8) is 0 Å². The second-order valence-electron chi connectivity index (χ2n) is 3.20. The number of fused-ring (bicyclic) bond motifs is 1. The molecular formula is C10H8O5S. The Hall–Kier alpha value is -1.53. The number of benzene rings is 1. The predicted molar refractivity (Wildman–Crippen MR) is 55.6 cm³/mol. The molecule has 0 spiro atoms. The van der Waals surface area contributed by atoms with E-state index >= 15 is 0 Å². The van der Waals surface area contributed by atoms with Gasteiger partial charge in [-0.25, -0.2) is 9.59 Å². The van der Waals surface area contributed by atoms with E-state index in [0.29, 0.717) is 4.90 Å². The van der Waals surface area contributed by atoms with Crippen molar-refractivity contribution in [2.45, 2.75) is 11.2 Å². The van der Waals surface area contributed by atoms with Crippen LogP contribution < -0.4 is 0 Å². The lowest BCUT2D eigenvalue weighted by Gasteiger charge is -2.06. The van der Waals surface area contributed by atoms with Crippen LogP contribution in [0.1, 0.15) is 32.6 Å². The minimum absolute atomic E-state index is 0.0589. The Morgan fingerprint density at radius 1 is 1.50 bits per heavy atom. The van der Waals surface area contributed by atoms with Crippen LogP contribution in [-0.2, 0) is 4.74 Å². The molecule has 0 aromatic heterocycles. The smallest absolute Gasteiger partial charge is 0.341 e. The Bertz CT molecular complexity index is 482. The molecule has 5 nitrogen and oxygen atoms in total. The molecule has 1 aliphatic heterocycles. The summed E-state index contributed by atoms with van der Waals surface area (Å²) in [6, 6.07) is 2.71. The van der Waals surface area contributed by atoms with Gasteiger partial charge in [-0.15, -0.1) is 11.8 Å². The molecule has 1 aliphatic rings. The van der Waals surface area contributed by atoms with Gasteiger partial charge in [0.2, 0.25) is 6.29 Å². The number of cyclic esters (lactones) is 1. The number of aliphatic hydroxyl groups excluding tert-OH is 1. The van der Waals surface area contributed by atoms with Gasteiger partial charge < -0.3 is 14.9 Å². The van der Waals surface area contributed by atoms with Crippen LogP contribution in [0.3, 0.4) is 0 Å². The summed E-state index contributed by atoms with van der Waals surface area (Å²) < 4.78 is 4.58. The summed E-state index contributed by atoms with van der Waals surface area (Å²) >= 11 is 1.22. The number of hydrogen-bond acceptors (Lipinski definition) is 5. The lowest BCUT2D eigenvalue weighted by molar-refractivity contribution is -0.0547. The van der Waals surface area contributed by atoms with Gasteiger partial charge in [0.1, 0.15) is 0 Å². The quantitative estimate of drug-likeness (QED) is 0.598. The highest BCUT2D eigenvalue weighted by atomic mass is 32.2. The predicted octanol–water partition coefficient (Wildman–Crippen LogP) is 1.27. The van der Waals surface area contributed by atoms with E-state index < -0.39 is 18.2 Å². The third-order valence-electron chi connectivity index (χ3n) is 2.31. The number of carboxylic acids is 1. The van der Waals surface area contributed by atoms with E-state index in [1.807, 2.05) is 0 Å². The zero-order valence-corrected chi connectivity index (χ0v) is 9.08. The molecule has 0 fully saturated rings. The van der Waals surface area contributed by atoms with Gasteiger partial charge in [0.15, 0.2) is 0 Å². The maximum atomic E-state index is 11.3. The van der Waals surface area contributed by atoms with Gasteiger partial charge in [0.05, 0.1) is 11.1 Å². The molecule has 0 radical (unpaired) electrons. The number of carbonyl (C=O) groups excluding carboxylic acids is 1. The number of carboxylic acid groups (broad SMARTS) is 1. The highest BCUT2D eigenvalue weighted by molar-refractivity contribution is 7.98. The molecule has 0 amide bonds. The van der Waals surface area contributed by atoms with E-state index in [1.54, 1.807) is 6.26 Å². The van der Waals surface area contributed by atoms with Gasteiger partial charge in [0, 0.05) is 10.5 Å². The first-order valence-corrected chi connectivity index (χ1v) is 5.61. The molecule has 0 bridgehead atoms. The summed E-state index contributed by atoms with van der Waals surface area (Å²) in [5.41, 5.74) is 0.491. The molecule has 1 aromatic carbocycles. The number of esters is 1. The van der Waals surface area contributed by atoms with Gasteiger partial charge in [-0.3, -0.25) is 0 Å². The van der Waals surface area contributed by atoms with Crippen molar-refractivity contribution in [3.8, 4) is 0 Å². The Morgan fingerprint density at radius 2 is 2.19 bits per heavy atom. The Labute approximate surface area is 95.0 Å². The first-order valence-electron chi connectivity index (χ1n) is 4.39. The Balaban J connectivity index is 2.64. The first-order chi connectivity index (χ1) is 7.54. The molecular weight excluding hydrogens is 232 g/mol. The monoisotopic (exact) mass is 240 g/mol. The molecule has 6 heteroatoms. The SMILES string of the molecule is CSc1cc2c(cc1C(=O)O)C(O)OC2=O. The molecule has 1 heterocycles. The topological polar surface area (TPSA) is 83.8 Å². The fourth-order valence-electron chi connectivity index (χ4n) is 1.54. The van der Waals surface area contributed by atoms with Crippen molar-refractivity contribution in [1.82, 2.24) is 0 Å². The van der Waals surface area contributed by atoms with Crippen molar-refractivity contribution in [2.75, 3.05) is 6.26 Å². The number of aromatic carboxylic acids is 1. The third-order valence-corrected chi connectivity index (χ3v) is 3.08. The number of thioether (sulfide) groups is 1. The molecule has 2 rings (SSSR count). The number of carbonyl (C=O) groups is 2. The van der Waals surface area contributed by atoms with Crippen molar-refractivity contribution in [3.05, 3.63) is 28.8 Å². The number of aliphatic hydroxyl groups is 1. The maximum absolute atomic E-state index is 11.3. The standard InChI is InChI=1S/C10H8O5S/c1-16-7-3-5-4(2-6(7)8(11)12)9(13)15-10(5)14/h2-3,9,13H,1H3,(H,11,12). The third kappa shape index (κ3) is 1.56. The van der Waals surface area contributed by atoms with E-state index in [-0.39, 0.29) is 16.7 Å². The largest absolute Gasteiger partial charge is 0.478 e. The van der Waals surface area contributed by atoms with E-state index in [4.69, 9.17) is 5.11 Å². The molecule has 1 atom stereocenters. The molecule has 84 valence electrons. The normalized spacial score (nSPS) is 18.1. The molecule has 1 unspecified atom stereocenters. The van der Waals surface area contributed by atoms with E-state index in [1.165, 1.54) is 23.9 Å². The van der Waals surface area contributed by atoms with E-state index in [0.717, 1.165) is 0 Å². The van der Waals surface area contributed by atoms with Crippen LogP contribution in [0.15, 0.2) is 17.0 Å². The minimum atomic E-state index is -1.36. The van der Waals surface area contributed by atoms with Crippen LogP contribution >= 0.6 is 11.8 Å². The maximum Gasteiger partial charge on any atom is 0.341 e. The summed E-state index contributed by atoms with van der Waals surface area (Å²) in [4.78, 5) is 22.7. The summed E-state index contributed by atoms with van der Waals surface area (Å²) in [5, 5.41) is 18.3. The van der Waals surface area contributed by atoms with E-state index in [2.05, 4.69) is 4.74 Å². The van der Waals surface area contributed by atoms with Crippen LogP contribution in [0.5, 0.6) is 0 Å². The van der Waals surface area contributed by atoms with Crippen LogP contribution in [0.2, 0.25) is 0 Å². The summed E-state index contributed by atoms with van der Waals surface area (Å²) in [5.74, 6) is -1.73. The number of ether oxygens (including phenoxy) is 1. The van der Waals surface area contributed by atoms with Crippen LogP contribution in [0.4, 0.5) is 0 Å². The average Bonchev–Trinajstić information content (AvgIpc) is 2.52. The molecule has 0 saturated heterocycles. The number of hydrogen-bond donors (Lipinski definition) is 2. The zero-order valence-electron chi connectivity index (χ0n) is 8.26. The molecule has 0 aliphatic carbocycles. The van der Waals surface area contributed by atoms with Crippen molar-refractivity contribution in [2.24, 2.45) is 0 Å². The van der Waals surface area contributed by atoms with Crippen molar-refractivity contribution in [1.29, 1.82) is 0 Å². The fraction of sp³-hybridized carbons (Fsp3) is 0.200. The highest BCUT2D eigenvalue weighted by Crippen LogP contribution is 2.33.